The molecule has 0 saturated heterocycles. The zero-order valence-corrected chi connectivity index (χ0v) is 12.3. The molecular formula is C11H14ClN5OS. The van der Waals surface area contributed by atoms with Crippen molar-refractivity contribution in [3.63, 3.8) is 0 Å². The Labute approximate surface area is 120 Å². The van der Waals surface area contributed by atoms with Crippen molar-refractivity contribution in [1.29, 1.82) is 0 Å². The summed E-state index contributed by atoms with van der Waals surface area (Å²) in [5.74, 6) is 0.386. The van der Waals surface area contributed by atoms with Crippen LogP contribution in [0.4, 0.5) is 5.95 Å². The number of hydrogen-bond acceptors (Lipinski definition) is 7. The van der Waals surface area contributed by atoms with Gasteiger partial charge in [0.15, 0.2) is 0 Å². The van der Waals surface area contributed by atoms with Gasteiger partial charge in [0.1, 0.15) is 5.01 Å². The molecule has 2 rings (SSSR count). The van der Waals surface area contributed by atoms with Crippen molar-refractivity contribution >= 4 is 28.9 Å². The van der Waals surface area contributed by atoms with E-state index in [-0.39, 0.29) is 11.3 Å². The Morgan fingerprint density at radius 2 is 2.16 bits per heavy atom. The average molecular weight is 300 g/mol. The summed E-state index contributed by atoms with van der Waals surface area (Å²) in [7, 11) is 0. The molecule has 102 valence electrons. The smallest absolute Gasteiger partial charge is 0.322 e. The van der Waals surface area contributed by atoms with Gasteiger partial charge in [-0.3, -0.25) is 0 Å². The molecule has 8 heteroatoms. The minimum Gasteiger partial charge on any atom is -0.464 e. The largest absolute Gasteiger partial charge is 0.464 e. The van der Waals surface area contributed by atoms with Crippen LogP contribution in [-0.2, 0) is 13.0 Å². The van der Waals surface area contributed by atoms with Gasteiger partial charge in [-0.1, -0.05) is 6.92 Å². The normalized spacial score (nSPS) is 10.5. The summed E-state index contributed by atoms with van der Waals surface area (Å²) in [6.07, 6.45) is 2.87. The summed E-state index contributed by atoms with van der Waals surface area (Å²) in [4.78, 5) is 17.5. The number of anilines is 1. The maximum Gasteiger partial charge on any atom is 0.322 e. The number of hydrogen-bond donors (Lipinski definition) is 1. The first-order valence-electron chi connectivity index (χ1n) is 5.93. The van der Waals surface area contributed by atoms with Gasteiger partial charge in [-0.15, -0.1) is 11.3 Å². The van der Waals surface area contributed by atoms with E-state index in [0.29, 0.717) is 19.1 Å². The fourth-order valence-electron chi connectivity index (χ4n) is 1.35. The predicted molar refractivity (Wildman–Crippen MR) is 74.8 cm³/mol. The fraction of sp³-hybridized carbons (Fsp3) is 0.455. The van der Waals surface area contributed by atoms with Gasteiger partial charge < -0.3 is 10.1 Å². The average Bonchev–Trinajstić information content (AvgIpc) is 2.84. The molecule has 0 aromatic carbocycles. The van der Waals surface area contributed by atoms with Crippen LogP contribution in [0.15, 0.2) is 6.20 Å². The lowest BCUT2D eigenvalue weighted by Crippen LogP contribution is -2.06. The van der Waals surface area contributed by atoms with Crippen molar-refractivity contribution in [2.45, 2.75) is 26.8 Å². The number of aryl methyl sites for hydroxylation is 1. The molecule has 2 heterocycles. The van der Waals surface area contributed by atoms with Crippen LogP contribution in [0, 0.1) is 0 Å². The van der Waals surface area contributed by atoms with E-state index < -0.39 is 0 Å². The third-order valence-corrected chi connectivity index (χ3v) is 3.52. The van der Waals surface area contributed by atoms with Crippen LogP contribution < -0.4 is 10.1 Å². The monoisotopic (exact) mass is 299 g/mol. The molecule has 0 aliphatic rings. The molecule has 0 spiro atoms. The van der Waals surface area contributed by atoms with Gasteiger partial charge in [0.25, 0.3) is 0 Å². The van der Waals surface area contributed by atoms with E-state index in [4.69, 9.17) is 16.3 Å². The summed E-state index contributed by atoms with van der Waals surface area (Å²) in [5.41, 5.74) is 0. The van der Waals surface area contributed by atoms with Gasteiger partial charge >= 0.3 is 6.01 Å². The van der Waals surface area contributed by atoms with Crippen molar-refractivity contribution in [2.24, 2.45) is 0 Å². The van der Waals surface area contributed by atoms with E-state index in [1.807, 2.05) is 13.1 Å². The Balaban J connectivity index is 2.02. The molecule has 0 fully saturated rings. The highest BCUT2D eigenvalue weighted by atomic mass is 35.5. The highest BCUT2D eigenvalue weighted by Crippen LogP contribution is 2.16. The molecule has 0 bridgehead atoms. The second-order valence-electron chi connectivity index (χ2n) is 3.57. The van der Waals surface area contributed by atoms with Gasteiger partial charge in [-0.25, -0.2) is 4.98 Å². The van der Waals surface area contributed by atoms with Crippen molar-refractivity contribution in [2.75, 3.05) is 11.9 Å². The number of nitrogens with zero attached hydrogens (tertiary/aromatic N) is 4. The van der Waals surface area contributed by atoms with Crippen LogP contribution >= 0.6 is 22.9 Å². The van der Waals surface area contributed by atoms with Crippen molar-refractivity contribution in [1.82, 2.24) is 19.9 Å². The Morgan fingerprint density at radius 3 is 2.84 bits per heavy atom. The summed E-state index contributed by atoms with van der Waals surface area (Å²) < 4.78 is 5.20. The second-order valence-corrected chi connectivity index (χ2v) is 5.11. The van der Waals surface area contributed by atoms with E-state index in [9.17, 15) is 0 Å². The second kappa shape index (κ2) is 6.63. The summed E-state index contributed by atoms with van der Waals surface area (Å²) in [5, 5.41) is 4.14. The number of nitrogens with one attached hydrogen (secondary N) is 1. The number of aromatic nitrogens is 4. The number of ether oxygens (including phenoxy) is 1. The van der Waals surface area contributed by atoms with Crippen LogP contribution in [0.5, 0.6) is 6.01 Å². The Hall–Kier alpha value is -1.47. The lowest BCUT2D eigenvalue weighted by molar-refractivity contribution is 0.312. The highest BCUT2D eigenvalue weighted by Gasteiger charge is 2.06. The first-order valence-corrected chi connectivity index (χ1v) is 7.12. The van der Waals surface area contributed by atoms with E-state index in [2.05, 4.69) is 32.2 Å². The van der Waals surface area contributed by atoms with Crippen LogP contribution in [-0.4, -0.2) is 26.5 Å². The maximum atomic E-state index is 5.80. The third-order valence-electron chi connectivity index (χ3n) is 2.21. The van der Waals surface area contributed by atoms with E-state index in [1.165, 1.54) is 4.88 Å². The van der Waals surface area contributed by atoms with E-state index in [1.54, 1.807) is 11.3 Å². The van der Waals surface area contributed by atoms with Crippen LogP contribution in [0.2, 0.25) is 5.28 Å². The predicted octanol–water partition coefficient (Wildman–Crippen LogP) is 2.55. The van der Waals surface area contributed by atoms with Gasteiger partial charge in [0.2, 0.25) is 11.2 Å². The van der Waals surface area contributed by atoms with Crippen molar-refractivity contribution in [3.05, 3.63) is 21.4 Å². The molecule has 0 aliphatic heterocycles. The lowest BCUT2D eigenvalue weighted by Gasteiger charge is -2.05. The Bertz CT molecular complexity index is 548. The lowest BCUT2D eigenvalue weighted by atomic mass is 10.4. The zero-order chi connectivity index (χ0) is 13.7. The fourth-order valence-corrected chi connectivity index (χ4v) is 2.31. The van der Waals surface area contributed by atoms with Gasteiger partial charge in [0, 0.05) is 11.1 Å². The molecule has 19 heavy (non-hydrogen) atoms. The molecule has 0 saturated carbocycles. The molecular weight excluding hydrogens is 286 g/mol. The molecule has 2 aromatic heterocycles. The molecule has 0 unspecified atom stereocenters. The third kappa shape index (κ3) is 4.00. The number of rotatable bonds is 6. The summed E-state index contributed by atoms with van der Waals surface area (Å²) >= 11 is 7.46. The van der Waals surface area contributed by atoms with Gasteiger partial charge in [0.05, 0.1) is 13.2 Å². The molecule has 1 N–H and O–H groups in total. The van der Waals surface area contributed by atoms with E-state index in [0.717, 1.165) is 11.4 Å². The van der Waals surface area contributed by atoms with Crippen molar-refractivity contribution in [3.8, 4) is 6.01 Å². The standard InChI is InChI=1S/C11H14ClN5OS/c1-3-7-5-13-8(19-7)6-14-10-15-9(12)16-11(17-10)18-4-2/h5H,3-4,6H2,1-2H3,(H,14,15,16,17). The molecule has 0 radical (unpaired) electrons. The number of halogens is 1. The summed E-state index contributed by atoms with van der Waals surface area (Å²) in [6.45, 7) is 4.99. The van der Waals surface area contributed by atoms with Gasteiger partial charge in [-0.05, 0) is 24.9 Å². The zero-order valence-electron chi connectivity index (χ0n) is 10.7. The molecule has 0 aliphatic carbocycles. The molecule has 0 atom stereocenters. The van der Waals surface area contributed by atoms with Crippen LogP contribution in [0.1, 0.15) is 23.7 Å². The van der Waals surface area contributed by atoms with E-state index >= 15 is 0 Å². The maximum absolute atomic E-state index is 5.80. The molecule has 6 nitrogen and oxygen atoms in total. The molecule has 2 aromatic rings. The van der Waals surface area contributed by atoms with Crippen LogP contribution in [0.3, 0.4) is 0 Å². The quantitative estimate of drug-likeness (QED) is 0.884. The highest BCUT2D eigenvalue weighted by molar-refractivity contribution is 7.11. The van der Waals surface area contributed by atoms with Crippen LogP contribution in [0.25, 0.3) is 0 Å². The molecule has 0 amide bonds. The Morgan fingerprint density at radius 1 is 1.32 bits per heavy atom. The minimum atomic E-state index is 0.106. The van der Waals surface area contributed by atoms with Crippen molar-refractivity contribution < 1.29 is 4.74 Å². The first-order chi connectivity index (χ1) is 9.21. The summed E-state index contributed by atoms with van der Waals surface area (Å²) in [6, 6.07) is 0.221. The Kier molecular flexibility index (Phi) is 4.86. The SMILES string of the molecule is CCOc1nc(Cl)nc(NCc2ncc(CC)s2)n1. The van der Waals surface area contributed by atoms with Gasteiger partial charge in [-0.2, -0.15) is 15.0 Å². The topological polar surface area (TPSA) is 72.8 Å². The minimum absolute atomic E-state index is 0.106. The first kappa shape index (κ1) is 14.0. The number of thiazole rings is 1.